The lowest BCUT2D eigenvalue weighted by molar-refractivity contribution is -0.133. The second-order valence-electron chi connectivity index (χ2n) is 7.87. The minimum atomic E-state index is -0.828. The van der Waals surface area contributed by atoms with Gasteiger partial charge >= 0.3 is 11.8 Å². The highest BCUT2D eigenvalue weighted by Crippen LogP contribution is 2.31. The number of amides is 2. The highest BCUT2D eigenvalue weighted by atomic mass is 16.2. The monoisotopic (exact) mass is 448 g/mol. The maximum absolute atomic E-state index is 12.5. The predicted octanol–water partition coefficient (Wildman–Crippen LogP) is 4.31. The fourth-order valence-electron chi connectivity index (χ4n) is 3.79. The molecule has 3 heterocycles. The Bertz CT molecular complexity index is 1580. The summed E-state index contributed by atoms with van der Waals surface area (Å²) in [4.78, 5) is 37.6. The largest absolute Gasteiger partial charge is 0.398 e. The van der Waals surface area contributed by atoms with Gasteiger partial charge in [-0.05, 0) is 72.0 Å². The number of aromatic nitrogens is 3. The van der Waals surface area contributed by atoms with Crippen LogP contribution in [0.25, 0.3) is 32.8 Å². The molecule has 0 spiro atoms. The summed E-state index contributed by atoms with van der Waals surface area (Å²) >= 11 is 0. The molecule has 0 aliphatic carbocycles. The van der Waals surface area contributed by atoms with Crippen LogP contribution in [0, 0.1) is 6.92 Å². The zero-order valence-electron chi connectivity index (χ0n) is 18.2. The number of anilines is 3. The van der Waals surface area contributed by atoms with Crippen molar-refractivity contribution in [3.05, 3.63) is 84.9 Å². The van der Waals surface area contributed by atoms with E-state index in [1.54, 1.807) is 55.1 Å². The Balaban J connectivity index is 1.37. The molecular formula is C26H20N6O2. The van der Waals surface area contributed by atoms with Crippen molar-refractivity contribution in [1.82, 2.24) is 15.0 Å². The van der Waals surface area contributed by atoms with Gasteiger partial charge in [-0.25, -0.2) is 4.98 Å². The Hall–Kier alpha value is -4.85. The smallest absolute Gasteiger partial charge is 0.315 e. The first-order valence-corrected chi connectivity index (χ1v) is 10.6. The lowest BCUT2D eigenvalue weighted by atomic mass is 9.99. The highest BCUT2D eigenvalue weighted by Gasteiger charge is 2.16. The maximum atomic E-state index is 12.5. The number of nitrogens with zero attached hydrogens (tertiary/aromatic N) is 3. The number of benzene rings is 2. The van der Waals surface area contributed by atoms with Crippen LogP contribution in [0.2, 0.25) is 0 Å². The van der Waals surface area contributed by atoms with Crippen molar-refractivity contribution in [2.24, 2.45) is 0 Å². The second kappa shape index (κ2) is 8.59. The molecule has 5 rings (SSSR count). The number of hydrogen-bond acceptors (Lipinski definition) is 6. The molecule has 0 aliphatic rings. The zero-order chi connectivity index (χ0) is 23.7. The van der Waals surface area contributed by atoms with Crippen molar-refractivity contribution in [3.8, 4) is 11.1 Å². The third kappa shape index (κ3) is 4.12. The fourth-order valence-corrected chi connectivity index (χ4v) is 3.79. The molecule has 0 saturated heterocycles. The average Bonchev–Trinajstić information content (AvgIpc) is 2.84. The summed E-state index contributed by atoms with van der Waals surface area (Å²) in [6.07, 6.45) is 6.79. The molecule has 0 aliphatic heterocycles. The summed E-state index contributed by atoms with van der Waals surface area (Å²) < 4.78 is 0. The van der Waals surface area contributed by atoms with Gasteiger partial charge in [0.25, 0.3) is 0 Å². The van der Waals surface area contributed by atoms with E-state index < -0.39 is 11.8 Å². The fraction of sp³-hybridized carbons (Fsp3) is 0.0385. The number of carbonyl (C=O) groups is 2. The highest BCUT2D eigenvalue weighted by molar-refractivity contribution is 6.43. The van der Waals surface area contributed by atoms with E-state index in [9.17, 15) is 9.59 Å². The normalized spacial score (nSPS) is 10.9. The molecule has 0 atom stereocenters. The first kappa shape index (κ1) is 21.0. The van der Waals surface area contributed by atoms with Crippen LogP contribution >= 0.6 is 0 Å². The number of pyridine rings is 3. The van der Waals surface area contributed by atoms with Crippen molar-refractivity contribution >= 4 is 50.7 Å². The minimum absolute atomic E-state index is 0.245. The summed E-state index contributed by atoms with van der Waals surface area (Å²) in [7, 11) is 0. The summed E-state index contributed by atoms with van der Waals surface area (Å²) in [6.45, 7) is 2.00. The number of nitrogens with two attached hydrogens (primary N) is 1. The van der Waals surface area contributed by atoms with Crippen LogP contribution in [-0.2, 0) is 9.59 Å². The Morgan fingerprint density at radius 2 is 1.71 bits per heavy atom. The van der Waals surface area contributed by atoms with E-state index in [2.05, 4.69) is 25.6 Å². The van der Waals surface area contributed by atoms with Crippen molar-refractivity contribution in [1.29, 1.82) is 0 Å². The van der Waals surface area contributed by atoms with Crippen LogP contribution in [-0.4, -0.2) is 26.8 Å². The van der Waals surface area contributed by atoms with Gasteiger partial charge in [-0.15, -0.1) is 0 Å². The van der Waals surface area contributed by atoms with Gasteiger partial charge in [0, 0.05) is 52.5 Å². The third-order valence-electron chi connectivity index (χ3n) is 5.53. The number of hydrogen-bond donors (Lipinski definition) is 3. The van der Waals surface area contributed by atoms with Crippen molar-refractivity contribution in [2.45, 2.75) is 6.92 Å². The van der Waals surface area contributed by atoms with E-state index in [0.717, 1.165) is 38.4 Å². The topological polar surface area (TPSA) is 123 Å². The zero-order valence-corrected chi connectivity index (χ0v) is 18.2. The second-order valence-corrected chi connectivity index (χ2v) is 7.87. The molecule has 34 heavy (non-hydrogen) atoms. The van der Waals surface area contributed by atoms with E-state index >= 15 is 0 Å². The molecule has 8 heteroatoms. The quantitative estimate of drug-likeness (QED) is 0.279. The predicted molar refractivity (Wildman–Crippen MR) is 133 cm³/mol. The molecule has 5 aromatic rings. The van der Waals surface area contributed by atoms with Gasteiger partial charge < -0.3 is 16.4 Å². The molecule has 0 radical (unpaired) electrons. The number of carbonyl (C=O) groups excluding carboxylic acids is 2. The van der Waals surface area contributed by atoms with E-state index in [-0.39, 0.29) is 5.82 Å². The minimum Gasteiger partial charge on any atom is -0.398 e. The van der Waals surface area contributed by atoms with E-state index in [1.807, 2.05) is 31.2 Å². The van der Waals surface area contributed by atoms with Crippen LogP contribution in [0.4, 0.5) is 17.2 Å². The maximum Gasteiger partial charge on any atom is 0.315 e. The first-order chi connectivity index (χ1) is 16.5. The first-order valence-electron chi connectivity index (χ1n) is 10.6. The Labute approximate surface area is 194 Å². The average molecular weight is 448 g/mol. The number of aryl methyl sites for hydroxylation is 1. The summed E-state index contributed by atoms with van der Waals surface area (Å²) in [6, 6.07) is 16.4. The molecule has 0 saturated carbocycles. The summed E-state index contributed by atoms with van der Waals surface area (Å²) in [5.74, 6) is -1.38. The van der Waals surface area contributed by atoms with Crippen molar-refractivity contribution < 1.29 is 9.59 Å². The van der Waals surface area contributed by atoms with Gasteiger partial charge in [0.15, 0.2) is 0 Å². The third-order valence-corrected chi connectivity index (χ3v) is 5.53. The van der Waals surface area contributed by atoms with Gasteiger partial charge in [0.1, 0.15) is 5.82 Å². The van der Waals surface area contributed by atoms with Crippen molar-refractivity contribution in [3.63, 3.8) is 0 Å². The van der Waals surface area contributed by atoms with E-state index in [0.29, 0.717) is 11.4 Å². The molecule has 0 bridgehead atoms. The van der Waals surface area contributed by atoms with Gasteiger partial charge in [-0.3, -0.25) is 19.6 Å². The van der Waals surface area contributed by atoms with Gasteiger partial charge in [-0.1, -0.05) is 6.07 Å². The number of nitrogen functional groups attached to an aromatic ring is 1. The lowest BCUT2D eigenvalue weighted by Gasteiger charge is -2.11. The molecule has 0 fully saturated rings. The van der Waals surface area contributed by atoms with E-state index in [1.165, 1.54) is 0 Å². The van der Waals surface area contributed by atoms with Gasteiger partial charge in [0.05, 0.1) is 5.52 Å². The molecule has 2 amide bonds. The van der Waals surface area contributed by atoms with E-state index in [4.69, 9.17) is 5.73 Å². The molecule has 166 valence electrons. The van der Waals surface area contributed by atoms with Gasteiger partial charge in [-0.2, -0.15) is 0 Å². The van der Waals surface area contributed by atoms with Crippen LogP contribution in [0.3, 0.4) is 0 Å². The van der Waals surface area contributed by atoms with Crippen LogP contribution in [0.5, 0.6) is 0 Å². The number of fused-ring (bicyclic) bond motifs is 2. The molecule has 2 aromatic carbocycles. The summed E-state index contributed by atoms with van der Waals surface area (Å²) in [5.41, 5.74) is 11.0. The molecule has 4 N–H and O–H groups in total. The van der Waals surface area contributed by atoms with Crippen LogP contribution in [0.1, 0.15) is 5.56 Å². The molecular weight excluding hydrogens is 428 g/mol. The Kier molecular flexibility index (Phi) is 5.31. The standard InChI is InChI=1S/C26H20N6O2/c1-15-6-8-28-13-20(15)17-9-18-12-24(30-14-21(18)22(27)11-17)32-26(34)25(33)31-19-4-5-23-16(10-19)3-2-7-29-23/h2-14H,27H2,1H3,(H,31,33)(H,30,32,34). The molecule has 0 unspecified atom stereocenters. The molecule has 8 nitrogen and oxygen atoms in total. The van der Waals surface area contributed by atoms with Crippen LogP contribution in [0.15, 0.2) is 79.4 Å². The van der Waals surface area contributed by atoms with Gasteiger partial charge in [0.2, 0.25) is 0 Å². The van der Waals surface area contributed by atoms with Crippen LogP contribution < -0.4 is 16.4 Å². The van der Waals surface area contributed by atoms with Crippen molar-refractivity contribution in [2.75, 3.05) is 16.4 Å². The lowest BCUT2D eigenvalue weighted by Crippen LogP contribution is -2.29. The number of rotatable bonds is 3. The summed E-state index contributed by atoms with van der Waals surface area (Å²) in [5, 5.41) is 7.54. The Morgan fingerprint density at radius 1 is 0.853 bits per heavy atom. The Morgan fingerprint density at radius 3 is 2.56 bits per heavy atom. The number of nitrogens with one attached hydrogen (secondary N) is 2. The molecule has 3 aromatic heterocycles. The SMILES string of the molecule is Cc1ccncc1-c1cc(N)c2cnc(NC(=O)C(=O)Nc3ccc4ncccc4c3)cc2c1.